The minimum Gasteiger partial charge on any atom is -0.504 e. The van der Waals surface area contributed by atoms with Gasteiger partial charge in [0.25, 0.3) is 0 Å². The molecule has 0 amide bonds. The summed E-state index contributed by atoms with van der Waals surface area (Å²) in [4.78, 5) is 14.2. The fraction of sp³-hybridized carbons (Fsp3) is 0.333. The number of nitrogens with zero attached hydrogens (tertiary/aromatic N) is 1. The molecule has 0 saturated heterocycles. The van der Waals surface area contributed by atoms with E-state index in [0.717, 1.165) is 6.21 Å². The van der Waals surface area contributed by atoms with Gasteiger partial charge in [-0.05, 0) is 13.0 Å². The van der Waals surface area contributed by atoms with Crippen LogP contribution in [-0.2, 0) is 4.79 Å². The van der Waals surface area contributed by atoms with Gasteiger partial charge in [-0.3, -0.25) is 9.79 Å². The number of hydrogen-bond donors (Lipinski definition) is 1. The Morgan fingerprint density at radius 2 is 2.44 bits per heavy atom. The number of carbonyl (C=O) groups excluding carboxylic acids is 1. The van der Waals surface area contributed by atoms with E-state index in [2.05, 4.69) is 4.99 Å². The third-order valence-electron chi connectivity index (χ3n) is 1.08. The van der Waals surface area contributed by atoms with Gasteiger partial charge in [0.15, 0.2) is 5.76 Å². The fourth-order valence-corrected chi connectivity index (χ4v) is 0.605. The molecule has 1 aliphatic heterocycles. The average Bonchev–Trinajstić information content (AvgIpc) is 1.80. The molecule has 1 rings (SSSR count). The van der Waals surface area contributed by atoms with Crippen LogP contribution in [0.2, 0.25) is 0 Å². The minimum absolute atomic E-state index is 0.0669. The van der Waals surface area contributed by atoms with Crippen LogP contribution in [-0.4, -0.2) is 23.1 Å². The number of rotatable bonds is 0. The van der Waals surface area contributed by atoms with Gasteiger partial charge in [0.1, 0.15) is 0 Å². The smallest absolute Gasteiger partial charge is 0.237 e. The van der Waals surface area contributed by atoms with E-state index >= 15 is 0 Å². The number of aliphatic hydroxyl groups excluding tert-OH is 1. The second-order valence-corrected chi connectivity index (χ2v) is 1.93. The Bertz CT molecular complexity index is 193. The second-order valence-electron chi connectivity index (χ2n) is 1.93. The van der Waals surface area contributed by atoms with Crippen molar-refractivity contribution in [3.8, 4) is 0 Å². The molecular weight excluding hydrogens is 118 g/mol. The third kappa shape index (κ3) is 1.16. The Hall–Kier alpha value is -1.12. The summed E-state index contributed by atoms with van der Waals surface area (Å²) in [5.41, 5.74) is 0. The Morgan fingerprint density at radius 3 is 2.89 bits per heavy atom. The molecule has 3 nitrogen and oxygen atoms in total. The lowest BCUT2D eigenvalue weighted by Crippen LogP contribution is -2.12. The lowest BCUT2D eigenvalue weighted by Gasteiger charge is -2.04. The first-order valence-corrected chi connectivity index (χ1v) is 2.68. The highest BCUT2D eigenvalue weighted by Gasteiger charge is 2.10. The van der Waals surface area contributed by atoms with Gasteiger partial charge in [-0.25, -0.2) is 0 Å². The van der Waals surface area contributed by atoms with Crippen LogP contribution in [0.5, 0.6) is 0 Å². The molecule has 1 N–H and O–H groups in total. The highest BCUT2D eigenvalue weighted by molar-refractivity contribution is 6.34. The number of hydrogen-bond acceptors (Lipinski definition) is 3. The fourth-order valence-electron chi connectivity index (χ4n) is 0.605. The van der Waals surface area contributed by atoms with Gasteiger partial charge < -0.3 is 5.11 Å². The van der Waals surface area contributed by atoms with Gasteiger partial charge in [-0.1, -0.05) is 0 Å². The zero-order valence-electron chi connectivity index (χ0n) is 5.03. The van der Waals surface area contributed by atoms with Crippen LogP contribution in [0.15, 0.2) is 16.8 Å². The zero-order chi connectivity index (χ0) is 6.85. The Labute approximate surface area is 52.7 Å². The van der Waals surface area contributed by atoms with E-state index in [-0.39, 0.29) is 11.8 Å². The molecule has 9 heavy (non-hydrogen) atoms. The minimum atomic E-state index is -0.409. The lowest BCUT2D eigenvalue weighted by atomic mass is 10.2. The van der Waals surface area contributed by atoms with Crippen LogP contribution >= 0.6 is 0 Å². The Kier molecular flexibility index (Phi) is 1.34. The standard InChI is InChI=1S/C6H7NO2/c1-4-2-5(8)6(9)3-7-4/h2-4,8H,1H3. The molecule has 1 heterocycles. The summed E-state index contributed by atoms with van der Waals surface area (Å²) in [7, 11) is 0. The van der Waals surface area contributed by atoms with Crippen molar-refractivity contribution in [2.45, 2.75) is 13.0 Å². The van der Waals surface area contributed by atoms with E-state index in [9.17, 15) is 4.79 Å². The van der Waals surface area contributed by atoms with Gasteiger partial charge >= 0.3 is 0 Å². The van der Waals surface area contributed by atoms with E-state index in [1.807, 2.05) is 0 Å². The lowest BCUT2D eigenvalue weighted by molar-refractivity contribution is -0.111. The van der Waals surface area contributed by atoms with E-state index in [4.69, 9.17) is 5.11 Å². The molecule has 0 aromatic rings. The molecule has 0 bridgehead atoms. The number of carbonyl (C=O) groups is 1. The van der Waals surface area contributed by atoms with Crippen molar-refractivity contribution in [3.05, 3.63) is 11.8 Å². The largest absolute Gasteiger partial charge is 0.504 e. The van der Waals surface area contributed by atoms with Gasteiger partial charge in [-0.2, -0.15) is 0 Å². The summed E-state index contributed by atoms with van der Waals surface area (Å²) in [6.45, 7) is 1.79. The molecule has 0 aromatic heterocycles. The molecular formula is C6H7NO2. The summed E-state index contributed by atoms with van der Waals surface area (Å²) in [5.74, 6) is -0.606. The first kappa shape index (κ1) is 6.01. The van der Waals surface area contributed by atoms with Gasteiger partial charge in [-0.15, -0.1) is 0 Å². The monoisotopic (exact) mass is 125 g/mol. The molecule has 0 saturated carbocycles. The van der Waals surface area contributed by atoms with Crippen molar-refractivity contribution in [3.63, 3.8) is 0 Å². The van der Waals surface area contributed by atoms with Crippen LogP contribution in [0.4, 0.5) is 0 Å². The molecule has 0 fully saturated rings. The molecule has 3 heteroatoms. The maximum atomic E-state index is 10.5. The second kappa shape index (κ2) is 2.01. The quantitative estimate of drug-likeness (QED) is 0.511. The van der Waals surface area contributed by atoms with Crippen molar-refractivity contribution in [2.24, 2.45) is 4.99 Å². The van der Waals surface area contributed by atoms with Crippen molar-refractivity contribution in [1.82, 2.24) is 0 Å². The molecule has 1 aliphatic rings. The van der Waals surface area contributed by atoms with E-state index in [0.29, 0.717) is 0 Å². The highest BCUT2D eigenvalue weighted by Crippen LogP contribution is 2.02. The maximum absolute atomic E-state index is 10.5. The van der Waals surface area contributed by atoms with Crippen LogP contribution in [0.3, 0.4) is 0 Å². The molecule has 1 atom stereocenters. The Balaban J connectivity index is 2.82. The maximum Gasteiger partial charge on any atom is 0.237 e. The topological polar surface area (TPSA) is 49.7 Å². The number of dihydropyridines is 1. The Morgan fingerprint density at radius 1 is 1.78 bits per heavy atom. The number of aliphatic imine (C=N–C) groups is 1. The molecule has 0 radical (unpaired) electrons. The molecule has 1 unspecified atom stereocenters. The van der Waals surface area contributed by atoms with Gasteiger partial charge in [0.05, 0.1) is 12.3 Å². The molecule has 0 aromatic carbocycles. The average molecular weight is 125 g/mol. The van der Waals surface area contributed by atoms with E-state index < -0.39 is 5.78 Å². The molecule has 0 spiro atoms. The van der Waals surface area contributed by atoms with Crippen LogP contribution in [0, 0.1) is 0 Å². The number of ketones is 1. The summed E-state index contributed by atoms with van der Waals surface area (Å²) >= 11 is 0. The highest BCUT2D eigenvalue weighted by atomic mass is 16.3. The first-order valence-electron chi connectivity index (χ1n) is 2.68. The summed E-state index contributed by atoms with van der Waals surface area (Å²) in [6, 6.07) is -0.0669. The number of allylic oxidation sites excluding steroid dienone is 1. The molecule has 48 valence electrons. The predicted molar refractivity (Wildman–Crippen MR) is 33.7 cm³/mol. The normalized spacial score (nSPS) is 26.1. The van der Waals surface area contributed by atoms with Gasteiger partial charge in [0, 0.05) is 0 Å². The van der Waals surface area contributed by atoms with Crippen LogP contribution in [0.1, 0.15) is 6.92 Å². The van der Waals surface area contributed by atoms with Gasteiger partial charge in [0.2, 0.25) is 5.78 Å². The summed E-state index contributed by atoms with van der Waals surface area (Å²) in [6.07, 6.45) is 2.56. The van der Waals surface area contributed by atoms with Crippen molar-refractivity contribution >= 4 is 12.0 Å². The predicted octanol–water partition coefficient (Wildman–Crippen LogP) is 0.470. The number of aliphatic hydroxyl groups is 1. The van der Waals surface area contributed by atoms with Crippen LogP contribution < -0.4 is 0 Å². The summed E-state index contributed by atoms with van der Waals surface area (Å²) in [5, 5.41) is 8.77. The van der Waals surface area contributed by atoms with Crippen LogP contribution in [0.25, 0.3) is 0 Å². The third-order valence-corrected chi connectivity index (χ3v) is 1.08. The zero-order valence-corrected chi connectivity index (χ0v) is 5.03. The first-order chi connectivity index (χ1) is 4.20. The summed E-state index contributed by atoms with van der Waals surface area (Å²) < 4.78 is 0. The number of Topliss-reactive ketones (excluding diaryl/α,β-unsaturated/α-hetero) is 1. The van der Waals surface area contributed by atoms with E-state index in [1.54, 1.807) is 6.92 Å². The van der Waals surface area contributed by atoms with E-state index in [1.165, 1.54) is 6.08 Å². The SMILES string of the molecule is CC1C=C(O)C(=O)C=N1. The van der Waals surface area contributed by atoms with Crippen molar-refractivity contribution in [1.29, 1.82) is 0 Å². The molecule has 0 aliphatic carbocycles. The van der Waals surface area contributed by atoms with Crippen molar-refractivity contribution < 1.29 is 9.90 Å². The van der Waals surface area contributed by atoms with Crippen molar-refractivity contribution in [2.75, 3.05) is 0 Å².